The van der Waals surface area contributed by atoms with E-state index in [-0.39, 0.29) is 17.6 Å². The minimum Gasteiger partial charge on any atom is -0.459 e. The van der Waals surface area contributed by atoms with Crippen LogP contribution in [0.1, 0.15) is 25.8 Å². The molecule has 0 atom stereocenters. The number of anilines is 1. The number of thioether (sulfide) groups is 1. The lowest BCUT2D eigenvalue weighted by molar-refractivity contribution is 0.0955. The predicted octanol–water partition coefficient (Wildman–Crippen LogP) is 4.26. The normalized spacial score (nSPS) is 10.5. The van der Waals surface area contributed by atoms with E-state index >= 15 is 0 Å². The molecule has 0 saturated carbocycles. The van der Waals surface area contributed by atoms with Gasteiger partial charge in [-0.2, -0.15) is 11.8 Å². The fraction of sp³-hybridized carbons (Fsp3) is 0.158. The third-order valence-electron chi connectivity index (χ3n) is 3.51. The van der Waals surface area contributed by atoms with Gasteiger partial charge in [-0.1, -0.05) is 6.07 Å². The number of hydrogen-bond acceptors (Lipinski definition) is 5. The zero-order valence-corrected chi connectivity index (χ0v) is 15.6. The summed E-state index contributed by atoms with van der Waals surface area (Å²) in [6.07, 6.45) is 1.45. The van der Waals surface area contributed by atoms with Crippen LogP contribution < -0.4 is 10.6 Å². The molecule has 26 heavy (non-hydrogen) atoms. The van der Waals surface area contributed by atoms with E-state index in [4.69, 9.17) is 4.42 Å². The molecule has 0 aliphatic rings. The van der Waals surface area contributed by atoms with Gasteiger partial charge in [0, 0.05) is 34.2 Å². The van der Waals surface area contributed by atoms with E-state index in [1.807, 2.05) is 6.07 Å². The van der Waals surface area contributed by atoms with Crippen molar-refractivity contribution in [3.63, 3.8) is 0 Å². The van der Waals surface area contributed by atoms with Crippen LogP contribution in [0.25, 0.3) is 0 Å². The number of furan rings is 1. The molecule has 0 aliphatic heterocycles. The van der Waals surface area contributed by atoms with E-state index < -0.39 is 0 Å². The molecule has 2 heterocycles. The molecule has 3 rings (SSSR count). The average molecular weight is 386 g/mol. The highest BCUT2D eigenvalue weighted by Crippen LogP contribution is 2.16. The molecule has 3 aromatic rings. The van der Waals surface area contributed by atoms with Gasteiger partial charge in [-0.05, 0) is 47.8 Å². The first-order valence-electron chi connectivity index (χ1n) is 8.05. The van der Waals surface area contributed by atoms with Gasteiger partial charge in [0.1, 0.15) is 0 Å². The summed E-state index contributed by atoms with van der Waals surface area (Å²) < 4.78 is 5.04. The monoisotopic (exact) mass is 386 g/mol. The molecular weight excluding hydrogens is 368 g/mol. The standard InChI is InChI=1S/C19H18N2O3S2/c22-18(20-9-12-25-13-16-3-2-11-26-16)14-5-7-15(8-6-14)21-19(23)17-4-1-10-24-17/h1-8,10-11H,9,12-13H2,(H,20,22)(H,21,23). The highest BCUT2D eigenvalue weighted by molar-refractivity contribution is 7.98. The maximum Gasteiger partial charge on any atom is 0.291 e. The topological polar surface area (TPSA) is 71.3 Å². The van der Waals surface area contributed by atoms with Crippen molar-refractivity contribution < 1.29 is 14.0 Å². The predicted molar refractivity (Wildman–Crippen MR) is 106 cm³/mol. The molecular formula is C19H18N2O3S2. The SMILES string of the molecule is O=C(NCCSCc1cccs1)c1ccc(NC(=O)c2ccco2)cc1. The van der Waals surface area contributed by atoms with Crippen molar-refractivity contribution in [1.29, 1.82) is 0 Å². The summed E-state index contributed by atoms with van der Waals surface area (Å²) in [5.41, 5.74) is 1.17. The molecule has 7 heteroatoms. The van der Waals surface area contributed by atoms with E-state index in [1.54, 1.807) is 59.5 Å². The van der Waals surface area contributed by atoms with Gasteiger partial charge in [0.05, 0.1) is 6.26 Å². The summed E-state index contributed by atoms with van der Waals surface area (Å²) in [7, 11) is 0. The van der Waals surface area contributed by atoms with E-state index in [0.29, 0.717) is 17.8 Å². The van der Waals surface area contributed by atoms with Gasteiger partial charge < -0.3 is 15.1 Å². The van der Waals surface area contributed by atoms with Gasteiger partial charge in [0.2, 0.25) is 0 Å². The lowest BCUT2D eigenvalue weighted by Crippen LogP contribution is -2.25. The third-order valence-corrected chi connectivity index (χ3v) is 5.57. The van der Waals surface area contributed by atoms with Crippen LogP contribution in [0.4, 0.5) is 5.69 Å². The molecule has 2 N–H and O–H groups in total. The molecule has 2 aromatic heterocycles. The Morgan fingerprint density at radius 2 is 1.88 bits per heavy atom. The lowest BCUT2D eigenvalue weighted by atomic mass is 10.2. The fourth-order valence-corrected chi connectivity index (χ4v) is 3.91. The van der Waals surface area contributed by atoms with E-state index in [9.17, 15) is 9.59 Å². The second kappa shape index (κ2) is 9.26. The number of carbonyl (C=O) groups is 2. The summed E-state index contributed by atoms with van der Waals surface area (Å²) in [5.74, 6) is 1.63. The first-order chi connectivity index (χ1) is 12.7. The van der Waals surface area contributed by atoms with E-state index in [2.05, 4.69) is 22.1 Å². The minimum absolute atomic E-state index is 0.120. The number of benzene rings is 1. The van der Waals surface area contributed by atoms with Crippen molar-refractivity contribution in [2.45, 2.75) is 5.75 Å². The Hall–Kier alpha value is -2.51. The maximum absolute atomic E-state index is 12.1. The Bertz CT molecular complexity index is 828. The molecule has 0 bridgehead atoms. The Morgan fingerprint density at radius 3 is 2.58 bits per heavy atom. The zero-order valence-electron chi connectivity index (χ0n) is 13.9. The van der Waals surface area contributed by atoms with E-state index in [1.165, 1.54) is 11.1 Å². The number of nitrogens with one attached hydrogen (secondary N) is 2. The quantitative estimate of drug-likeness (QED) is 0.568. The Kier molecular flexibility index (Phi) is 6.51. The highest BCUT2D eigenvalue weighted by Gasteiger charge is 2.09. The molecule has 0 fully saturated rings. The molecule has 0 radical (unpaired) electrons. The molecule has 0 spiro atoms. The van der Waals surface area contributed by atoms with Crippen LogP contribution in [-0.4, -0.2) is 24.1 Å². The van der Waals surface area contributed by atoms with Crippen molar-refractivity contribution in [3.8, 4) is 0 Å². The molecule has 134 valence electrons. The average Bonchev–Trinajstić information content (AvgIpc) is 3.36. The summed E-state index contributed by atoms with van der Waals surface area (Å²) >= 11 is 3.54. The second-order valence-corrected chi connectivity index (χ2v) is 7.53. The number of rotatable bonds is 8. The van der Waals surface area contributed by atoms with Gasteiger partial charge in [0.15, 0.2) is 5.76 Å². The molecule has 5 nitrogen and oxygen atoms in total. The summed E-state index contributed by atoms with van der Waals surface area (Å²) in [6, 6.07) is 14.2. The summed E-state index contributed by atoms with van der Waals surface area (Å²) in [5, 5.41) is 7.69. The molecule has 0 aliphatic carbocycles. The van der Waals surface area contributed by atoms with Crippen molar-refractivity contribution >= 4 is 40.6 Å². The van der Waals surface area contributed by atoms with Crippen LogP contribution in [-0.2, 0) is 5.75 Å². The van der Waals surface area contributed by atoms with Crippen molar-refractivity contribution in [2.75, 3.05) is 17.6 Å². The number of hydrogen-bond donors (Lipinski definition) is 2. The number of carbonyl (C=O) groups excluding carboxylic acids is 2. The van der Waals surface area contributed by atoms with Gasteiger partial charge >= 0.3 is 0 Å². The Balaban J connectivity index is 1.41. The summed E-state index contributed by atoms with van der Waals surface area (Å²) in [6.45, 7) is 0.617. The van der Waals surface area contributed by atoms with Crippen molar-refractivity contribution in [2.24, 2.45) is 0 Å². The molecule has 1 aromatic carbocycles. The van der Waals surface area contributed by atoms with Crippen LogP contribution in [0, 0.1) is 0 Å². The van der Waals surface area contributed by atoms with Crippen LogP contribution in [0.3, 0.4) is 0 Å². The van der Waals surface area contributed by atoms with Crippen LogP contribution in [0.5, 0.6) is 0 Å². The molecule has 0 unspecified atom stereocenters. The third kappa shape index (κ3) is 5.24. The first kappa shape index (κ1) is 18.3. The van der Waals surface area contributed by atoms with Gasteiger partial charge in [0.25, 0.3) is 11.8 Å². The lowest BCUT2D eigenvalue weighted by Gasteiger charge is -2.07. The van der Waals surface area contributed by atoms with Gasteiger partial charge in [-0.3, -0.25) is 9.59 Å². The van der Waals surface area contributed by atoms with Crippen LogP contribution in [0.15, 0.2) is 64.6 Å². The van der Waals surface area contributed by atoms with Crippen molar-refractivity contribution in [1.82, 2.24) is 5.32 Å². The Morgan fingerprint density at radius 1 is 1.04 bits per heavy atom. The minimum atomic E-state index is -0.324. The van der Waals surface area contributed by atoms with Gasteiger partial charge in [-0.15, -0.1) is 11.3 Å². The smallest absolute Gasteiger partial charge is 0.291 e. The van der Waals surface area contributed by atoms with E-state index in [0.717, 1.165) is 11.5 Å². The number of thiophene rings is 1. The molecule has 0 saturated heterocycles. The van der Waals surface area contributed by atoms with Gasteiger partial charge in [-0.25, -0.2) is 0 Å². The Labute approximate surface area is 159 Å². The molecule has 2 amide bonds. The van der Waals surface area contributed by atoms with Crippen LogP contribution in [0.2, 0.25) is 0 Å². The fourth-order valence-electron chi connectivity index (χ4n) is 2.21. The largest absolute Gasteiger partial charge is 0.459 e. The zero-order chi connectivity index (χ0) is 18.2. The number of amides is 2. The first-order valence-corrected chi connectivity index (χ1v) is 10.1. The second-order valence-electron chi connectivity index (χ2n) is 5.40. The maximum atomic E-state index is 12.1. The van der Waals surface area contributed by atoms with Crippen LogP contribution >= 0.6 is 23.1 Å². The van der Waals surface area contributed by atoms with Crippen molar-refractivity contribution in [3.05, 3.63) is 76.4 Å². The summed E-state index contributed by atoms with van der Waals surface area (Å²) in [4.78, 5) is 25.4. The highest BCUT2D eigenvalue weighted by atomic mass is 32.2.